The lowest BCUT2D eigenvalue weighted by Gasteiger charge is -2.17. The van der Waals surface area contributed by atoms with Crippen molar-refractivity contribution in [2.75, 3.05) is 14.2 Å². The first kappa shape index (κ1) is 11.5. The van der Waals surface area contributed by atoms with Crippen molar-refractivity contribution < 1.29 is 18.2 Å². The summed E-state index contributed by atoms with van der Waals surface area (Å²) in [6.07, 6.45) is 0. The van der Waals surface area contributed by atoms with Crippen LogP contribution in [-0.4, -0.2) is 24.5 Å². The van der Waals surface area contributed by atoms with Gasteiger partial charge in [0.2, 0.25) is 0 Å². The van der Waals surface area contributed by atoms with Crippen molar-refractivity contribution in [3.8, 4) is 5.75 Å². The molecule has 1 heterocycles. The van der Waals surface area contributed by atoms with Gasteiger partial charge in [0, 0.05) is 26.0 Å². The van der Waals surface area contributed by atoms with E-state index in [1.54, 1.807) is 18.2 Å². The quantitative estimate of drug-likeness (QED) is 0.780. The lowest BCUT2D eigenvalue weighted by atomic mass is 10.3. The van der Waals surface area contributed by atoms with Crippen LogP contribution in [0.3, 0.4) is 0 Å². The minimum atomic E-state index is -2.76. The van der Waals surface area contributed by atoms with Crippen molar-refractivity contribution in [3.63, 3.8) is 0 Å². The van der Waals surface area contributed by atoms with Crippen molar-refractivity contribution in [1.29, 1.82) is 0 Å². The molecule has 6 nitrogen and oxygen atoms in total. The lowest BCUT2D eigenvalue weighted by Crippen LogP contribution is -1.97. The van der Waals surface area contributed by atoms with Gasteiger partial charge in [-0.15, -0.1) is 0 Å². The highest BCUT2D eigenvalue weighted by Gasteiger charge is 2.20. The first-order valence-electron chi connectivity index (χ1n) is 4.31. The fourth-order valence-corrected chi connectivity index (χ4v) is 2.05. The maximum Gasteiger partial charge on any atom is 0.380 e. The molecule has 0 bridgehead atoms. The summed E-state index contributed by atoms with van der Waals surface area (Å²) in [7, 11) is 2.87. The molecule has 1 aromatic heterocycles. The summed E-state index contributed by atoms with van der Waals surface area (Å²) in [5.74, 6) is 0.436. The average Bonchev–Trinajstić information content (AvgIpc) is 2.78. The van der Waals surface area contributed by atoms with E-state index in [1.165, 1.54) is 14.2 Å². The summed E-state index contributed by atoms with van der Waals surface area (Å²) in [5, 5.41) is 7.41. The predicted octanol–water partition coefficient (Wildman–Crippen LogP) is 2.12. The Morgan fingerprint density at radius 2 is 2.00 bits per heavy atom. The maximum absolute atomic E-state index is 5.49. The van der Waals surface area contributed by atoms with Crippen LogP contribution in [0.25, 0.3) is 11.0 Å². The largest absolute Gasteiger partial charge is 0.422 e. The second kappa shape index (κ2) is 4.47. The zero-order valence-corrected chi connectivity index (χ0v) is 10.3. The second-order valence-electron chi connectivity index (χ2n) is 2.79. The summed E-state index contributed by atoms with van der Waals surface area (Å²) < 4.78 is 20.1. The van der Waals surface area contributed by atoms with Gasteiger partial charge in [-0.2, -0.15) is 0 Å². The smallest absolute Gasteiger partial charge is 0.380 e. The standard InChI is InChI=1S/C8H9N2O4PS/c1-11-15(16,12-2)13-7-5-3-4-6-8(7)10-14-9-6/h3-5H,1-2H3. The topological polar surface area (TPSA) is 66.6 Å². The Balaban J connectivity index is 2.41. The van der Waals surface area contributed by atoms with Gasteiger partial charge in [0.1, 0.15) is 5.52 Å². The average molecular weight is 260 g/mol. The Morgan fingerprint density at radius 3 is 2.69 bits per heavy atom. The molecule has 0 aliphatic heterocycles. The summed E-state index contributed by atoms with van der Waals surface area (Å²) in [4.78, 5) is 0. The zero-order valence-electron chi connectivity index (χ0n) is 8.61. The number of hydrogen-bond donors (Lipinski definition) is 0. The van der Waals surface area contributed by atoms with E-state index in [4.69, 9.17) is 25.4 Å². The van der Waals surface area contributed by atoms with Crippen LogP contribution in [0.5, 0.6) is 5.75 Å². The van der Waals surface area contributed by atoms with E-state index < -0.39 is 6.72 Å². The van der Waals surface area contributed by atoms with Crippen LogP contribution in [0.1, 0.15) is 0 Å². The first-order chi connectivity index (χ1) is 7.68. The third-order valence-electron chi connectivity index (χ3n) is 1.91. The molecule has 0 amide bonds. The van der Waals surface area contributed by atoms with Gasteiger partial charge in [0.05, 0.1) is 0 Å². The highest BCUT2D eigenvalue weighted by atomic mass is 32.5. The Kier molecular flexibility index (Phi) is 3.20. The summed E-state index contributed by atoms with van der Waals surface area (Å²) in [5.41, 5.74) is 1.08. The highest BCUT2D eigenvalue weighted by Crippen LogP contribution is 2.49. The number of rotatable bonds is 4. The third-order valence-corrected chi connectivity index (χ3v) is 4.34. The molecule has 0 saturated heterocycles. The molecule has 0 saturated carbocycles. The molecular formula is C8H9N2O4PS. The maximum atomic E-state index is 5.49. The van der Waals surface area contributed by atoms with E-state index in [0.29, 0.717) is 16.8 Å². The Morgan fingerprint density at radius 1 is 1.25 bits per heavy atom. The SMILES string of the molecule is COP(=S)(OC)Oc1cccc2nonc12. The van der Waals surface area contributed by atoms with Crippen LogP contribution in [0.2, 0.25) is 0 Å². The second-order valence-corrected chi connectivity index (χ2v) is 5.94. The Labute approximate surface area is 96.7 Å². The van der Waals surface area contributed by atoms with Gasteiger partial charge < -0.3 is 13.6 Å². The van der Waals surface area contributed by atoms with Crippen molar-refractivity contribution in [1.82, 2.24) is 10.3 Å². The van der Waals surface area contributed by atoms with E-state index in [2.05, 4.69) is 14.9 Å². The van der Waals surface area contributed by atoms with E-state index in [0.717, 1.165) is 0 Å². The van der Waals surface area contributed by atoms with E-state index in [1.807, 2.05) is 0 Å². The number of benzene rings is 1. The normalized spacial score (nSPS) is 11.9. The summed E-state index contributed by atoms with van der Waals surface area (Å²) in [6.45, 7) is -2.76. The highest BCUT2D eigenvalue weighted by molar-refractivity contribution is 8.07. The Bertz CT molecular complexity index is 536. The molecule has 8 heteroatoms. The molecule has 2 rings (SSSR count). The van der Waals surface area contributed by atoms with Gasteiger partial charge in [0.15, 0.2) is 11.3 Å². The number of fused-ring (bicyclic) bond motifs is 1. The molecule has 0 N–H and O–H groups in total. The molecule has 2 aromatic rings. The van der Waals surface area contributed by atoms with Gasteiger partial charge in [-0.05, 0) is 22.4 Å². The minimum Gasteiger partial charge on any atom is -0.422 e. The van der Waals surface area contributed by atoms with Gasteiger partial charge >= 0.3 is 6.72 Å². The molecule has 86 valence electrons. The van der Waals surface area contributed by atoms with Crippen LogP contribution in [0, 0.1) is 0 Å². The molecular weight excluding hydrogens is 251 g/mol. The number of aromatic nitrogens is 2. The van der Waals surface area contributed by atoms with Gasteiger partial charge in [-0.25, -0.2) is 4.63 Å². The van der Waals surface area contributed by atoms with Crippen LogP contribution >= 0.6 is 6.72 Å². The fraction of sp³-hybridized carbons (Fsp3) is 0.250. The van der Waals surface area contributed by atoms with Crippen LogP contribution in [0.15, 0.2) is 22.8 Å². The number of nitrogens with zero attached hydrogens (tertiary/aromatic N) is 2. The van der Waals surface area contributed by atoms with Crippen molar-refractivity contribution >= 4 is 29.6 Å². The molecule has 0 aliphatic rings. The monoisotopic (exact) mass is 260 g/mol. The minimum absolute atomic E-state index is 0.436. The molecule has 0 unspecified atom stereocenters. The van der Waals surface area contributed by atoms with Crippen molar-refractivity contribution in [2.24, 2.45) is 0 Å². The van der Waals surface area contributed by atoms with Crippen LogP contribution in [-0.2, 0) is 20.9 Å². The number of hydrogen-bond acceptors (Lipinski definition) is 7. The third kappa shape index (κ3) is 2.08. The molecule has 16 heavy (non-hydrogen) atoms. The Hall–Kier alpha value is -1.01. The molecule has 1 aromatic carbocycles. The molecule has 0 radical (unpaired) electrons. The van der Waals surface area contributed by atoms with E-state index >= 15 is 0 Å². The van der Waals surface area contributed by atoms with Gasteiger partial charge in [-0.1, -0.05) is 6.07 Å². The molecule has 0 fully saturated rings. The molecule has 0 atom stereocenters. The van der Waals surface area contributed by atoms with Crippen molar-refractivity contribution in [2.45, 2.75) is 0 Å². The van der Waals surface area contributed by atoms with Gasteiger partial charge in [-0.3, -0.25) is 0 Å². The summed E-state index contributed by atoms with van der Waals surface area (Å²) >= 11 is 5.09. The molecule has 0 spiro atoms. The predicted molar refractivity (Wildman–Crippen MR) is 60.7 cm³/mol. The summed E-state index contributed by atoms with van der Waals surface area (Å²) in [6, 6.07) is 5.21. The van der Waals surface area contributed by atoms with Crippen molar-refractivity contribution in [3.05, 3.63) is 18.2 Å². The van der Waals surface area contributed by atoms with E-state index in [9.17, 15) is 0 Å². The van der Waals surface area contributed by atoms with Gasteiger partial charge in [0.25, 0.3) is 0 Å². The van der Waals surface area contributed by atoms with Crippen LogP contribution < -0.4 is 4.52 Å². The van der Waals surface area contributed by atoms with Crippen LogP contribution in [0.4, 0.5) is 0 Å². The lowest BCUT2D eigenvalue weighted by molar-refractivity contribution is 0.273. The van der Waals surface area contributed by atoms with E-state index in [-0.39, 0.29) is 0 Å². The fourth-order valence-electron chi connectivity index (χ4n) is 1.12. The zero-order chi connectivity index (χ0) is 11.6. The first-order valence-corrected chi connectivity index (χ1v) is 6.86. The molecule has 0 aliphatic carbocycles.